The van der Waals surface area contributed by atoms with E-state index in [1.165, 1.54) is 12.5 Å². The number of carbonyl (C=O) groups is 1. The van der Waals surface area contributed by atoms with Gasteiger partial charge >= 0.3 is 5.97 Å². The highest BCUT2D eigenvalue weighted by Crippen LogP contribution is 2.29. The second-order valence-corrected chi connectivity index (χ2v) is 4.47. The van der Waals surface area contributed by atoms with E-state index in [2.05, 4.69) is 13.2 Å². The van der Waals surface area contributed by atoms with Gasteiger partial charge in [0.15, 0.2) is 0 Å². The summed E-state index contributed by atoms with van der Waals surface area (Å²) in [5.74, 6) is -0.207. The lowest BCUT2D eigenvalue weighted by Gasteiger charge is -2.11. The molecule has 0 aromatic carbocycles. The minimum atomic E-state index is -0.207. The first-order valence-electron chi connectivity index (χ1n) is 6.21. The van der Waals surface area contributed by atoms with Gasteiger partial charge in [0.05, 0.1) is 18.8 Å². The Balaban J connectivity index is 2.11. The molecule has 1 heterocycles. The van der Waals surface area contributed by atoms with Crippen LogP contribution in [0.5, 0.6) is 0 Å². The van der Waals surface area contributed by atoms with Gasteiger partial charge in [0.2, 0.25) is 0 Å². The van der Waals surface area contributed by atoms with E-state index in [-0.39, 0.29) is 18.2 Å². The molecule has 1 saturated heterocycles. The van der Waals surface area contributed by atoms with Gasteiger partial charge in [-0.05, 0) is 37.7 Å². The molecule has 1 rings (SSSR count). The summed E-state index contributed by atoms with van der Waals surface area (Å²) in [5.41, 5.74) is 1.18. The number of hydrogen-bond acceptors (Lipinski definition) is 3. The van der Waals surface area contributed by atoms with Crippen LogP contribution in [0.2, 0.25) is 0 Å². The molecule has 17 heavy (non-hydrogen) atoms. The van der Waals surface area contributed by atoms with E-state index >= 15 is 0 Å². The van der Waals surface area contributed by atoms with Crippen LogP contribution in [-0.4, -0.2) is 24.8 Å². The van der Waals surface area contributed by atoms with Crippen LogP contribution in [0, 0.1) is 0 Å². The molecule has 96 valence electrons. The molecular formula is C14H22O3. The molecule has 3 nitrogen and oxygen atoms in total. The highest BCUT2D eigenvalue weighted by Gasteiger charge is 2.26. The number of unbranched alkanes of at least 4 members (excludes halogenated alkanes) is 1. The van der Waals surface area contributed by atoms with Crippen LogP contribution in [0.15, 0.2) is 24.8 Å². The molecule has 0 N–H and O–H groups in total. The summed E-state index contributed by atoms with van der Waals surface area (Å²) in [6, 6.07) is 0. The van der Waals surface area contributed by atoms with Gasteiger partial charge in [0.1, 0.15) is 0 Å². The summed E-state index contributed by atoms with van der Waals surface area (Å²) < 4.78 is 10.7. The molecule has 0 saturated carbocycles. The first-order valence-corrected chi connectivity index (χ1v) is 6.21. The summed E-state index contributed by atoms with van der Waals surface area (Å²) in [6.07, 6.45) is 7.04. The van der Waals surface area contributed by atoms with Crippen LogP contribution >= 0.6 is 0 Å². The van der Waals surface area contributed by atoms with Gasteiger partial charge in [0.25, 0.3) is 0 Å². The summed E-state index contributed by atoms with van der Waals surface area (Å²) >= 11 is 0. The molecule has 2 atom stereocenters. The number of ether oxygens (including phenoxy) is 2. The van der Waals surface area contributed by atoms with Gasteiger partial charge in [-0.2, -0.15) is 0 Å². The van der Waals surface area contributed by atoms with Crippen molar-refractivity contribution in [1.82, 2.24) is 0 Å². The fraction of sp³-hybridized carbons (Fsp3) is 0.643. The molecule has 0 amide bonds. The van der Waals surface area contributed by atoms with Gasteiger partial charge in [-0.1, -0.05) is 12.7 Å². The summed E-state index contributed by atoms with van der Waals surface area (Å²) in [6.45, 7) is 9.69. The first kappa shape index (κ1) is 14.0. The average molecular weight is 238 g/mol. The molecule has 3 heteroatoms. The topological polar surface area (TPSA) is 35.5 Å². The minimum Gasteiger partial charge on any atom is -0.466 e. The Morgan fingerprint density at radius 1 is 1.59 bits per heavy atom. The zero-order chi connectivity index (χ0) is 12.7. The van der Waals surface area contributed by atoms with E-state index in [1.54, 1.807) is 0 Å². The van der Waals surface area contributed by atoms with Gasteiger partial charge in [-0.25, -0.2) is 0 Å². The van der Waals surface area contributed by atoms with Crippen molar-refractivity contribution in [2.24, 2.45) is 0 Å². The Labute approximate surface area is 103 Å². The van der Waals surface area contributed by atoms with Crippen LogP contribution < -0.4 is 0 Å². The van der Waals surface area contributed by atoms with Crippen molar-refractivity contribution < 1.29 is 14.3 Å². The van der Waals surface area contributed by atoms with Crippen LogP contribution in [0.1, 0.15) is 39.0 Å². The molecule has 0 spiro atoms. The normalized spacial score (nSPS) is 23.7. The van der Waals surface area contributed by atoms with E-state index in [9.17, 15) is 4.79 Å². The lowest BCUT2D eigenvalue weighted by atomic mass is 10.0. The van der Waals surface area contributed by atoms with Crippen molar-refractivity contribution in [1.29, 1.82) is 0 Å². The van der Waals surface area contributed by atoms with Gasteiger partial charge in [-0.15, -0.1) is 6.58 Å². The molecule has 0 unspecified atom stereocenters. The lowest BCUT2D eigenvalue weighted by Crippen LogP contribution is -2.11. The highest BCUT2D eigenvalue weighted by atomic mass is 16.5. The monoisotopic (exact) mass is 238 g/mol. The Morgan fingerprint density at radius 3 is 3.00 bits per heavy atom. The maximum atomic E-state index is 10.6. The molecule has 1 aliphatic rings. The molecule has 0 aromatic heterocycles. The molecular weight excluding hydrogens is 216 g/mol. The molecule has 0 bridgehead atoms. The number of carbonyl (C=O) groups excluding carboxylic acids is 1. The van der Waals surface area contributed by atoms with Crippen molar-refractivity contribution in [3.8, 4) is 0 Å². The lowest BCUT2D eigenvalue weighted by molar-refractivity contribution is -0.141. The van der Waals surface area contributed by atoms with Crippen LogP contribution in [-0.2, 0) is 14.3 Å². The summed E-state index contributed by atoms with van der Waals surface area (Å²) in [7, 11) is 0. The standard InChI is InChI=1S/C14H22O3/c1-4-7-14-11(2)10-13(17-14)8-5-6-9-16-12(3)15/h4,13-14H,1-2,5-10H2,3H3/t13-,14-/m0/s1. The first-order chi connectivity index (χ1) is 8.13. The van der Waals surface area contributed by atoms with Crippen LogP contribution in [0.25, 0.3) is 0 Å². The molecule has 1 aliphatic heterocycles. The zero-order valence-corrected chi connectivity index (χ0v) is 10.6. The number of rotatable bonds is 7. The summed E-state index contributed by atoms with van der Waals surface area (Å²) in [5, 5.41) is 0. The Bertz CT molecular complexity index is 283. The van der Waals surface area contributed by atoms with Crippen LogP contribution in [0.4, 0.5) is 0 Å². The third kappa shape index (κ3) is 5.18. The van der Waals surface area contributed by atoms with E-state index in [0.717, 1.165) is 32.1 Å². The van der Waals surface area contributed by atoms with Gasteiger partial charge in [-0.3, -0.25) is 4.79 Å². The third-order valence-corrected chi connectivity index (χ3v) is 2.91. The van der Waals surface area contributed by atoms with E-state index < -0.39 is 0 Å². The van der Waals surface area contributed by atoms with E-state index in [4.69, 9.17) is 9.47 Å². The van der Waals surface area contributed by atoms with Crippen LogP contribution in [0.3, 0.4) is 0 Å². The van der Waals surface area contributed by atoms with Crippen molar-refractivity contribution in [2.75, 3.05) is 6.61 Å². The summed E-state index contributed by atoms with van der Waals surface area (Å²) in [4.78, 5) is 10.6. The minimum absolute atomic E-state index is 0.158. The average Bonchev–Trinajstić information content (AvgIpc) is 2.59. The number of hydrogen-bond donors (Lipinski definition) is 0. The maximum absolute atomic E-state index is 10.6. The van der Waals surface area contributed by atoms with E-state index in [1.807, 2.05) is 6.08 Å². The SMILES string of the molecule is C=CC[C@@H]1O[C@@H](CCCCOC(C)=O)CC1=C. The quantitative estimate of drug-likeness (QED) is 0.388. The smallest absolute Gasteiger partial charge is 0.302 e. The van der Waals surface area contributed by atoms with Gasteiger partial charge < -0.3 is 9.47 Å². The Hall–Kier alpha value is -1.09. The fourth-order valence-electron chi connectivity index (χ4n) is 2.03. The van der Waals surface area contributed by atoms with Gasteiger partial charge in [0, 0.05) is 6.92 Å². The van der Waals surface area contributed by atoms with Crippen molar-refractivity contribution in [3.63, 3.8) is 0 Å². The molecule has 1 fully saturated rings. The predicted molar refractivity (Wildman–Crippen MR) is 67.7 cm³/mol. The third-order valence-electron chi connectivity index (χ3n) is 2.91. The van der Waals surface area contributed by atoms with Crippen molar-refractivity contribution in [3.05, 3.63) is 24.8 Å². The number of esters is 1. The Morgan fingerprint density at radius 2 is 2.35 bits per heavy atom. The molecule has 0 aliphatic carbocycles. The largest absolute Gasteiger partial charge is 0.466 e. The Kier molecular flexibility index (Phi) is 5.98. The second kappa shape index (κ2) is 7.28. The van der Waals surface area contributed by atoms with Crippen molar-refractivity contribution in [2.45, 2.75) is 51.2 Å². The zero-order valence-electron chi connectivity index (χ0n) is 10.6. The van der Waals surface area contributed by atoms with Crippen molar-refractivity contribution >= 4 is 5.97 Å². The van der Waals surface area contributed by atoms with E-state index in [0.29, 0.717) is 6.61 Å². The maximum Gasteiger partial charge on any atom is 0.302 e. The fourth-order valence-corrected chi connectivity index (χ4v) is 2.03. The highest BCUT2D eigenvalue weighted by molar-refractivity contribution is 5.65. The predicted octanol–water partition coefficient (Wildman–Crippen LogP) is 3.01. The molecule has 0 aromatic rings. The second-order valence-electron chi connectivity index (χ2n) is 4.47. The molecule has 0 radical (unpaired) electrons.